The zero-order chi connectivity index (χ0) is 20.3. The van der Waals surface area contributed by atoms with E-state index in [2.05, 4.69) is 59.3 Å². The van der Waals surface area contributed by atoms with Crippen LogP contribution in [0.2, 0.25) is 0 Å². The van der Waals surface area contributed by atoms with Crippen LogP contribution in [0.15, 0.2) is 103 Å². The minimum atomic E-state index is -0.0957. The Morgan fingerprint density at radius 3 is 2.03 bits per heavy atom. The van der Waals surface area contributed by atoms with E-state index in [1.165, 1.54) is 0 Å². The molecule has 0 saturated heterocycles. The van der Waals surface area contributed by atoms with E-state index in [0.29, 0.717) is 5.11 Å². The topological polar surface area (TPSA) is 41.9 Å². The number of nitrogens with one attached hydrogen (secondary N) is 2. The summed E-state index contributed by atoms with van der Waals surface area (Å²) < 4.78 is 1.93. The molecule has 1 aliphatic rings. The fourth-order valence-electron chi connectivity index (χ4n) is 3.65. The molecule has 0 bridgehead atoms. The SMILES string of the molecule is S=C1NC(c2ccccc2)=CC(c2cn(-c3ccccc3)nc2-c2ccccc2)N1. The molecule has 4 nitrogen and oxygen atoms in total. The highest BCUT2D eigenvalue weighted by molar-refractivity contribution is 7.80. The summed E-state index contributed by atoms with van der Waals surface area (Å²) >= 11 is 5.53. The predicted molar refractivity (Wildman–Crippen MR) is 125 cm³/mol. The van der Waals surface area contributed by atoms with E-state index >= 15 is 0 Å². The number of nitrogens with zero attached hydrogens (tertiary/aromatic N) is 2. The average molecular weight is 409 g/mol. The highest BCUT2D eigenvalue weighted by Gasteiger charge is 2.24. The molecule has 5 rings (SSSR count). The van der Waals surface area contributed by atoms with E-state index in [1.807, 2.05) is 59.3 Å². The summed E-state index contributed by atoms with van der Waals surface area (Å²) in [5.41, 5.74) is 6.19. The maximum absolute atomic E-state index is 5.53. The Morgan fingerprint density at radius 1 is 0.767 bits per heavy atom. The van der Waals surface area contributed by atoms with Crippen LogP contribution in [0, 0.1) is 0 Å². The first-order valence-corrected chi connectivity index (χ1v) is 10.2. The van der Waals surface area contributed by atoms with Crippen molar-refractivity contribution in [3.63, 3.8) is 0 Å². The summed E-state index contributed by atoms with van der Waals surface area (Å²) in [7, 11) is 0. The summed E-state index contributed by atoms with van der Waals surface area (Å²) in [4.78, 5) is 0. The highest BCUT2D eigenvalue weighted by Crippen LogP contribution is 2.31. The molecular formula is C25H20N4S. The standard InChI is InChI=1S/C25H20N4S/c30-25-26-22(18-10-4-1-5-11-18)16-23(27-25)21-17-29(20-14-8-3-9-15-20)28-24(21)19-12-6-2-7-13-19/h1-17,23H,(H2,26,27,30). The van der Waals surface area contributed by atoms with Crippen LogP contribution in [0.4, 0.5) is 0 Å². The van der Waals surface area contributed by atoms with Gasteiger partial charge < -0.3 is 10.6 Å². The largest absolute Gasteiger partial charge is 0.352 e. The van der Waals surface area contributed by atoms with Gasteiger partial charge in [-0.1, -0.05) is 78.9 Å². The van der Waals surface area contributed by atoms with Crippen LogP contribution in [-0.4, -0.2) is 14.9 Å². The Labute approximate surface area is 180 Å². The summed E-state index contributed by atoms with van der Waals surface area (Å²) in [6.45, 7) is 0. The Kier molecular flexibility index (Phi) is 4.87. The van der Waals surface area contributed by atoms with Crippen LogP contribution in [0.25, 0.3) is 22.6 Å². The zero-order valence-electron chi connectivity index (χ0n) is 16.2. The molecule has 0 saturated carbocycles. The van der Waals surface area contributed by atoms with Crippen molar-refractivity contribution >= 4 is 23.0 Å². The minimum absolute atomic E-state index is 0.0957. The molecule has 0 spiro atoms. The minimum Gasteiger partial charge on any atom is -0.352 e. The summed E-state index contributed by atoms with van der Waals surface area (Å²) in [6, 6.07) is 30.5. The molecule has 5 heteroatoms. The number of para-hydroxylation sites is 1. The molecule has 1 unspecified atom stereocenters. The average Bonchev–Trinajstić information content (AvgIpc) is 3.26. The van der Waals surface area contributed by atoms with Crippen molar-refractivity contribution in [3.05, 3.63) is 114 Å². The number of benzene rings is 3. The molecule has 1 aliphatic heterocycles. The second-order valence-electron chi connectivity index (χ2n) is 7.10. The molecule has 146 valence electrons. The van der Waals surface area contributed by atoms with Crippen LogP contribution >= 0.6 is 12.2 Å². The molecule has 0 amide bonds. The van der Waals surface area contributed by atoms with Gasteiger partial charge in [-0.05, 0) is 36.0 Å². The highest BCUT2D eigenvalue weighted by atomic mass is 32.1. The number of thiocarbonyl (C=S) groups is 1. The number of aromatic nitrogens is 2. The lowest BCUT2D eigenvalue weighted by Gasteiger charge is -2.26. The first-order chi connectivity index (χ1) is 14.8. The van der Waals surface area contributed by atoms with E-state index in [-0.39, 0.29) is 6.04 Å². The lowest BCUT2D eigenvalue weighted by Crippen LogP contribution is -2.40. The molecule has 2 N–H and O–H groups in total. The van der Waals surface area contributed by atoms with Gasteiger partial charge in [0.25, 0.3) is 0 Å². The summed E-state index contributed by atoms with van der Waals surface area (Å²) in [6.07, 6.45) is 4.26. The van der Waals surface area contributed by atoms with Crippen molar-refractivity contribution in [3.8, 4) is 16.9 Å². The summed E-state index contributed by atoms with van der Waals surface area (Å²) in [5, 5.41) is 12.2. The van der Waals surface area contributed by atoms with E-state index in [0.717, 1.165) is 33.8 Å². The van der Waals surface area contributed by atoms with Gasteiger partial charge in [-0.15, -0.1) is 0 Å². The maximum Gasteiger partial charge on any atom is 0.171 e. The fraction of sp³-hybridized carbons (Fsp3) is 0.0400. The van der Waals surface area contributed by atoms with Crippen molar-refractivity contribution in [2.75, 3.05) is 0 Å². The lowest BCUT2D eigenvalue weighted by atomic mass is 9.99. The van der Waals surface area contributed by atoms with Crippen LogP contribution in [0.3, 0.4) is 0 Å². The van der Waals surface area contributed by atoms with E-state index in [9.17, 15) is 0 Å². The molecular weight excluding hydrogens is 388 g/mol. The third-order valence-corrected chi connectivity index (χ3v) is 5.32. The molecule has 0 radical (unpaired) electrons. The van der Waals surface area contributed by atoms with Crippen molar-refractivity contribution in [2.24, 2.45) is 0 Å². The summed E-state index contributed by atoms with van der Waals surface area (Å²) in [5.74, 6) is 0. The Morgan fingerprint density at radius 2 is 1.37 bits per heavy atom. The second kappa shape index (κ2) is 7.97. The molecule has 4 aromatic rings. The van der Waals surface area contributed by atoms with Crippen molar-refractivity contribution in [1.29, 1.82) is 0 Å². The maximum atomic E-state index is 5.53. The second-order valence-corrected chi connectivity index (χ2v) is 7.51. The van der Waals surface area contributed by atoms with Crippen molar-refractivity contribution < 1.29 is 0 Å². The fourth-order valence-corrected chi connectivity index (χ4v) is 3.89. The first kappa shape index (κ1) is 18.3. The van der Waals surface area contributed by atoms with Gasteiger partial charge in [0.05, 0.1) is 17.4 Å². The smallest absolute Gasteiger partial charge is 0.171 e. The lowest BCUT2D eigenvalue weighted by molar-refractivity contribution is 0.766. The third kappa shape index (κ3) is 3.63. The number of hydrogen-bond donors (Lipinski definition) is 2. The van der Waals surface area contributed by atoms with Gasteiger partial charge in [0.15, 0.2) is 5.11 Å². The first-order valence-electron chi connectivity index (χ1n) is 9.83. The van der Waals surface area contributed by atoms with E-state index in [1.54, 1.807) is 0 Å². The van der Waals surface area contributed by atoms with Gasteiger partial charge >= 0.3 is 0 Å². The number of hydrogen-bond acceptors (Lipinski definition) is 2. The van der Waals surface area contributed by atoms with Crippen LogP contribution in [0.1, 0.15) is 17.2 Å². The molecule has 1 aromatic heterocycles. The van der Waals surface area contributed by atoms with Crippen LogP contribution in [0.5, 0.6) is 0 Å². The monoisotopic (exact) mass is 408 g/mol. The van der Waals surface area contributed by atoms with E-state index < -0.39 is 0 Å². The van der Waals surface area contributed by atoms with Crippen molar-refractivity contribution in [2.45, 2.75) is 6.04 Å². The Balaban J connectivity index is 1.64. The molecule has 1 atom stereocenters. The van der Waals surface area contributed by atoms with Gasteiger partial charge in [0.1, 0.15) is 0 Å². The van der Waals surface area contributed by atoms with Crippen molar-refractivity contribution in [1.82, 2.24) is 20.4 Å². The third-order valence-electron chi connectivity index (χ3n) is 5.10. The quantitative estimate of drug-likeness (QED) is 0.461. The van der Waals surface area contributed by atoms with Crippen LogP contribution in [-0.2, 0) is 0 Å². The van der Waals surface area contributed by atoms with Crippen LogP contribution < -0.4 is 10.6 Å². The zero-order valence-corrected chi connectivity index (χ0v) is 17.0. The number of rotatable bonds is 4. The Hall–Kier alpha value is -3.70. The molecule has 30 heavy (non-hydrogen) atoms. The predicted octanol–water partition coefficient (Wildman–Crippen LogP) is 5.10. The molecule has 0 fully saturated rings. The molecule has 3 aromatic carbocycles. The molecule has 0 aliphatic carbocycles. The molecule has 2 heterocycles. The van der Waals surface area contributed by atoms with E-state index in [4.69, 9.17) is 17.3 Å². The Bertz CT molecular complexity index is 1200. The van der Waals surface area contributed by atoms with Gasteiger partial charge in [-0.25, -0.2) is 4.68 Å². The van der Waals surface area contributed by atoms with Gasteiger partial charge in [0, 0.05) is 23.0 Å². The van der Waals surface area contributed by atoms with Gasteiger partial charge in [-0.2, -0.15) is 5.10 Å². The van der Waals surface area contributed by atoms with Gasteiger partial charge in [-0.3, -0.25) is 0 Å². The van der Waals surface area contributed by atoms with Gasteiger partial charge in [0.2, 0.25) is 0 Å². The normalized spacial score (nSPS) is 15.8.